The average molecular weight is 301 g/mol. The van der Waals surface area contributed by atoms with Crippen LogP contribution in [-0.2, 0) is 11.3 Å². The molecule has 0 spiro atoms. The molecule has 0 unspecified atom stereocenters. The second kappa shape index (κ2) is 7.47. The van der Waals surface area contributed by atoms with Gasteiger partial charge in [-0.2, -0.15) is 0 Å². The number of amides is 1. The Hall–Kier alpha value is -2.53. The van der Waals surface area contributed by atoms with E-state index < -0.39 is 0 Å². The fourth-order valence-corrected chi connectivity index (χ4v) is 2.08. The van der Waals surface area contributed by atoms with Gasteiger partial charge < -0.3 is 19.5 Å². The van der Waals surface area contributed by atoms with Crippen LogP contribution in [0.3, 0.4) is 0 Å². The number of carbonyl (C=O) groups excluding carboxylic acids is 1. The van der Waals surface area contributed by atoms with Crippen LogP contribution in [0.1, 0.15) is 15.9 Å². The highest BCUT2D eigenvalue weighted by Crippen LogP contribution is 2.29. The monoisotopic (exact) mass is 301 g/mol. The summed E-state index contributed by atoms with van der Waals surface area (Å²) in [5.74, 6) is 0.996. The van der Waals surface area contributed by atoms with Gasteiger partial charge in [0.1, 0.15) is 11.5 Å². The van der Waals surface area contributed by atoms with E-state index >= 15 is 0 Å². The van der Waals surface area contributed by atoms with Gasteiger partial charge in [0.05, 0.1) is 26.5 Å². The van der Waals surface area contributed by atoms with E-state index in [1.54, 1.807) is 51.7 Å². The lowest BCUT2D eigenvalue weighted by molar-refractivity contribution is 0.102. The zero-order valence-electron chi connectivity index (χ0n) is 12.9. The summed E-state index contributed by atoms with van der Waals surface area (Å²) in [7, 11) is 4.74. The van der Waals surface area contributed by atoms with Crippen LogP contribution in [0.15, 0.2) is 42.5 Å². The van der Waals surface area contributed by atoms with Crippen LogP contribution in [-0.4, -0.2) is 27.2 Å². The highest BCUT2D eigenvalue weighted by Gasteiger charge is 2.11. The minimum atomic E-state index is -0.218. The molecule has 5 heteroatoms. The summed E-state index contributed by atoms with van der Waals surface area (Å²) >= 11 is 0. The van der Waals surface area contributed by atoms with Crippen molar-refractivity contribution in [3.8, 4) is 11.5 Å². The fourth-order valence-electron chi connectivity index (χ4n) is 2.08. The molecule has 0 bridgehead atoms. The van der Waals surface area contributed by atoms with Crippen LogP contribution in [0.5, 0.6) is 11.5 Å². The maximum atomic E-state index is 12.4. The summed E-state index contributed by atoms with van der Waals surface area (Å²) in [6, 6.07) is 12.5. The predicted molar refractivity (Wildman–Crippen MR) is 84.7 cm³/mol. The van der Waals surface area contributed by atoms with Crippen molar-refractivity contribution < 1.29 is 19.0 Å². The summed E-state index contributed by atoms with van der Waals surface area (Å²) in [4.78, 5) is 12.4. The van der Waals surface area contributed by atoms with Crippen LogP contribution >= 0.6 is 0 Å². The third-order valence-corrected chi connectivity index (χ3v) is 3.16. The second-order valence-electron chi connectivity index (χ2n) is 4.65. The quantitative estimate of drug-likeness (QED) is 0.890. The second-order valence-corrected chi connectivity index (χ2v) is 4.65. The van der Waals surface area contributed by atoms with Gasteiger partial charge in [0.15, 0.2) is 0 Å². The van der Waals surface area contributed by atoms with E-state index in [2.05, 4.69) is 5.32 Å². The standard InChI is InChI=1S/C17H19NO4/c1-20-11-12-5-4-6-13(9-12)17(19)18-15-10-14(21-2)7-8-16(15)22-3/h4-10H,11H2,1-3H3,(H,18,19). The van der Waals surface area contributed by atoms with E-state index in [1.165, 1.54) is 0 Å². The van der Waals surface area contributed by atoms with Crippen molar-refractivity contribution in [2.45, 2.75) is 6.61 Å². The normalized spacial score (nSPS) is 10.1. The number of hydrogen-bond donors (Lipinski definition) is 1. The summed E-state index contributed by atoms with van der Waals surface area (Å²) in [6.07, 6.45) is 0. The van der Waals surface area contributed by atoms with Crippen LogP contribution in [0.2, 0.25) is 0 Å². The van der Waals surface area contributed by atoms with Crippen molar-refractivity contribution >= 4 is 11.6 Å². The summed E-state index contributed by atoms with van der Waals surface area (Å²) in [6.45, 7) is 0.462. The Morgan fingerprint density at radius 2 is 1.86 bits per heavy atom. The molecule has 116 valence electrons. The molecule has 0 aliphatic carbocycles. The first kappa shape index (κ1) is 15.9. The highest BCUT2D eigenvalue weighted by molar-refractivity contribution is 6.05. The molecule has 2 aromatic rings. The summed E-state index contributed by atoms with van der Waals surface area (Å²) in [5, 5.41) is 2.84. The number of benzene rings is 2. The molecule has 0 aliphatic rings. The van der Waals surface area contributed by atoms with Crippen molar-refractivity contribution in [3.05, 3.63) is 53.6 Å². The van der Waals surface area contributed by atoms with Crippen LogP contribution in [0.25, 0.3) is 0 Å². The molecule has 0 heterocycles. The molecule has 0 saturated heterocycles. The van der Waals surface area contributed by atoms with Gasteiger partial charge in [0.25, 0.3) is 5.91 Å². The van der Waals surface area contributed by atoms with E-state index in [-0.39, 0.29) is 5.91 Å². The van der Waals surface area contributed by atoms with E-state index in [0.29, 0.717) is 29.4 Å². The molecule has 5 nitrogen and oxygen atoms in total. The van der Waals surface area contributed by atoms with Gasteiger partial charge in [-0.25, -0.2) is 0 Å². The lowest BCUT2D eigenvalue weighted by atomic mass is 10.1. The van der Waals surface area contributed by atoms with Gasteiger partial charge in [-0.3, -0.25) is 4.79 Å². The maximum Gasteiger partial charge on any atom is 0.255 e. The molecule has 0 fully saturated rings. The van der Waals surface area contributed by atoms with Crippen LogP contribution in [0, 0.1) is 0 Å². The molecule has 0 atom stereocenters. The van der Waals surface area contributed by atoms with Gasteiger partial charge in [0, 0.05) is 18.7 Å². The molecule has 0 aliphatic heterocycles. The van der Waals surface area contributed by atoms with Crippen molar-refractivity contribution in [2.75, 3.05) is 26.6 Å². The van der Waals surface area contributed by atoms with Crippen molar-refractivity contribution in [1.29, 1.82) is 0 Å². The van der Waals surface area contributed by atoms with Crippen molar-refractivity contribution in [1.82, 2.24) is 0 Å². The van der Waals surface area contributed by atoms with E-state index in [0.717, 1.165) is 5.56 Å². The fraction of sp³-hybridized carbons (Fsp3) is 0.235. The number of rotatable bonds is 6. The molecule has 1 N–H and O–H groups in total. The largest absolute Gasteiger partial charge is 0.497 e. The Balaban J connectivity index is 2.23. The predicted octanol–water partition coefficient (Wildman–Crippen LogP) is 3.10. The average Bonchev–Trinajstić information content (AvgIpc) is 2.55. The summed E-state index contributed by atoms with van der Waals surface area (Å²) in [5.41, 5.74) is 2.05. The van der Waals surface area contributed by atoms with Crippen molar-refractivity contribution in [2.24, 2.45) is 0 Å². The zero-order valence-corrected chi connectivity index (χ0v) is 12.9. The maximum absolute atomic E-state index is 12.4. The number of anilines is 1. The Bertz CT molecular complexity index is 655. The molecule has 2 aromatic carbocycles. The minimum Gasteiger partial charge on any atom is -0.497 e. The highest BCUT2D eigenvalue weighted by atomic mass is 16.5. The first-order chi connectivity index (χ1) is 10.7. The molecule has 0 saturated carbocycles. The van der Waals surface area contributed by atoms with Gasteiger partial charge in [-0.15, -0.1) is 0 Å². The molecular weight excluding hydrogens is 282 g/mol. The number of nitrogens with one attached hydrogen (secondary N) is 1. The number of methoxy groups -OCH3 is 3. The van der Waals surface area contributed by atoms with Gasteiger partial charge in [0.2, 0.25) is 0 Å². The topological polar surface area (TPSA) is 56.8 Å². The molecule has 22 heavy (non-hydrogen) atoms. The Labute approximate surface area is 129 Å². The van der Waals surface area contributed by atoms with Crippen molar-refractivity contribution in [3.63, 3.8) is 0 Å². The molecule has 0 radical (unpaired) electrons. The molecule has 1 amide bonds. The van der Waals surface area contributed by atoms with Crippen LogP contribution in [0.4, 0.5) is 5.69 Å². The Kier molecular flexibility index (Phi) is 5.38. The summed E-state index contributed by atoms with van der Waals surface area (Å²) < 4.78 is 15.5. The third kappa shape index (κ3) is 3.77. The van der Waals surface area contributed by atoms with Gasteiger partial charge in [-0.05, 0) is 29.8 Å². The van der Waals surface area contributed by atoms with Gasteiger partial charge in [-0.1, -0.05) is 12.1 Å². The van der Waals surface area contributed by atoms with E-state index in [4.69, 9.17) is 14.2 Å². The first-order valence-electron chi connectivity index (χ1n) is 6.79. The smallest absolute Gasteiger partial charge is 0.255 e. The minimum absolute atomic E-state index is 0.218. The van der Waals surface area contributed by atoms with E-state index in [1.807, 2.05) is 12.1 Å². The molecule has 2 rings (SSSR count). The third-order valence-electron chi connectivity index (χ3n) is 3.16. The number of carbonyl (C=O) groups is 1. The number of hydrogen-bond acceptors (Lipinski definition) is 4. The van der Waals surface area contributed by atoms with Gasteiger partial charge >= 0.3 is 0 Å². The van der Waals surface area contributed by atoms with E-state index in [9.17, 15) is 4.79 Å². The number of ether oxygens (including phenoxy) is 3. The SMILES string of the molecule is COCc1cccc(C(=O)Nc2cc(OC)ccc2OC)c1. The zero-order chi connectivity index (χ0) is 15.9. The first-order valence-corrected chi connectivity index (χ1v) is 6.79. The molecular formula is C17H19NO4. The van der Waals surface area contributed by atoms with Crippen LogP contribution < -0.4 is 14.8 Å². The lowest BCUT2D eigenvalue weighted by Gasteiger charge is -2.12. The lowest BCUT2D eigenvalue weighted by Crippen LogP contribution is -2.13. The molecule has 0 aromatic heterocycles. The Morgan fingerprint density at radius 1 is 1.05 bits per heavy atom. The Morgan fingerprint density at radius 3 is 2.55 bits per heavy atom.